The van der Waals surface area contributed by atoms with E-state index in [0.29, 0.717) is 6.41 Å². The van der Waals surface area contributed by atoms with Crippen molar-refractivity contribution in [1.82, 2.24) is 10.4 Å². The number of carbonyl (C=O) groups excluding carboxylic acids is 1. The van der Waals surface area contributed by atoms with Gasteiger partial charge in [-0.1, -0.05) is 24.3 Å². The van der Waals surface area contributed by atoms with Gasteiger partial charge < -0.3 is 5.73 Å². The Kier molecular flexibility index (Phi) is 3.58. The molecule has 5 heteroatoms. The van der Waals surface area contributed by atoms with Gasteiger partial charge in [0, 0.05) is 0 Å². The predicted octanol–water partition coefficient (Wildman–Crippen LogP) is 0.750. The normalized spacial score (nSPS) is 18.0. The van der Waals surface area contributed by atoms with E-state index in [9.17, 15) is 4.79 Å². The molecule has 3 N–H and O–H groups in total. The summed E-state index contributed by atoms with van der Waals surface area (Å²) in [5.74, 6) is 0. The average molecular weight is 249 g/mol. The first-order valence-corrected chi connectivity index (χ1v) is 5.98. The van der Waals surface area contributed by atoms with Gasteiger partial charge in [-0.25, -0.2) is 0 Å². The maximum Gasteiger partial charge on any atom is 0.225 e. The lowest BCUT2D eigenvalue weighted by Crippen LogP contribution is -2.53. The van der Waals surface area contributed by atoms with Gasteiger partial charge in [0.1, 0.15) is 0 Å². The Balaban J connectivity index is 2.15. The zero-order chi connectivity index (χ0) is 12.3. The van der Waals surface area contributed by atoms with Crippen LogP contribution in [0, 0.1) is 0 Å². The zero-order valence-electron chi connectivity index (χ0n) is 9.43. The molecule has 0 spiro atoms. The fourth-order valence-corrected chi connectivity index (χ4v) is 2.51. The summed E-state index contributed by atoms with van der Waals surface area (Å²) in [6, 6.07) is 8.48. The summed E-state index contributed by atoms with van der Waals surface area (Å²) in [5, 5.41) is 1.79. The molecule has 0 bridgehead atoms. The standard InChI is InChI=1S/C12H15N3OS/c13-12(17)15(14-8-16)11-6-5-9-3-1-2-4-10(9)7-11/h1-4,8,11H,5-7H2,(H2,13,17)(H,14,16). The van der Waals surface area contributed by atoms with Gasteiger partial charge in [-0.3, -0.25) is 15.2 Å². The number of amides is 1. The van der Waals surface area contributed by atoms with Gasteiger partial charge in [-0.15, -0.1) is 0 Å². The van der Waals surface area contributed by atoms with Gasteiger partial charge >= 0.3 is 0 Å². The van der Waals surface area contributed by atoms with Gasteiger partial charge in [0.25, 0.3) is 0 Å². The van der Waals surface area contributed by atoms with E-state index in [0.717, 1.165) is 19.3 Å². The van der Waals surface area contributed by atoms with Crippen molar-refractivity contribution < 1.29 is 4.79 Å². The molecule has 1 aromatic carbocycles. The molecule has 1 amide bonds. The highest BCUT2D eigenvalue weighted by atomic mass is 32.1. The Hall–Kier alpha value is -1.62. The largest absolute Gasteiger partial charge is 0.375 e. The van der Waals surface area contributed by atoms with Crippen molar-refractivity contribution >= 4 is 23.7 Å². The number of benzene rings is 1. The Morgan fingerprint density at radius 1 is 1.47 bits per heavy atom. The molecule has 1 atom stereocenters. The minimum atomic E-state index is 0.146. The molecule has 0 aliphatic heterocycles. The second-order valence-electron chi connectivity index (χ2n) is 4.12. The second-order valence-corrected chi connectivity index (χ2v) is 4.54. The van der Waals surface area contributed by atoms with E-state index in [1.54, 1.807) is 5.01 Å². The van der Waals surface area contributed by atoms with Crippen LogP contribution in [-0.4, -0.2) is 22.6 Å². The fourth-order valence-electron chi connectivity index (χ4n) is 2.30. The Morgan fingerprint density at radius 3 is 2.82 bits per heavy atom. The topological polar surface area (TPSA) is 58.4 Å². The number of hydrogen-bond donors (Lipinski definition) is 2. The SMILES string of the molecule is NC(=S)N(NC=O)C1CCc2ccccc2C1. The molecule has 1 unspecified atom stereocenters. The van der Waals surface area contributed by atoms with Crippen molar-refractivity contribution in [3.8, 4) is 0 Å². The summed E-state index contributed by atoms with van der Waals surface area (Å²) in [5.41, 5.74) is 10.9. The van der Waals surface area contributed by atoms with Crippen LogP contribution in [0.2, 0.25) is 0 Å². The number of nitrogens with two attached hydrogens (primary N) is 1. The fraction of sp³-hybridized carbons (Fsp3) is 0.333. The molecule has 0 heterocycles. The maximum atomic E-state index is 10.5. The molecule has 0 radical (unpaired) electrons. The van der Waals surface area contributed by atoms with Crippen LogP contribution in [0.1, 0.15) is 17.5 Å². The smallest absolute Gasteiger partial charge is 0.225 e. The third-order valence-corrected chi connectivity index (χ3v) is 3.31. The van der Waals surface area contributed by atoms with E-state index in [1.807, 2.05) is 12.1 Å². The molecule has 4 nitrogen and oxygen atoms in total. The second kappa shape index (κ2) is 5.14. The number of rotatable bonds is 3. The van der Waals surface area contributed by atoms with Crippen molar-refractivity contribution in [3.05, 3.63) is 35.4 Å². The molecule has 2 rings (SSSR count). The molecule has 0 saturated heterocycles. The maximum absolute atomic E-state index is 10.5. The summed E-state index contributed by atoms with van der Waals surface area (Å²) in [6.45, 7) is 0. The summed E-state index contributed by atoms with van der Waals surface area (Å²) in [7, 11) is 0. The number of fused-ring (bicyclic) bond motifs is 1. The minimum absolute atomic E-state index is 0.146. The first kappa shape index (κ1) is 11.9. The summed E-state index contributed by atoms with van der Waals surface area (Å²) < 4.78 is 0. The highest BCUT2D eigenvalue weighted by Crippen LogP contribution is 2.23. The van der Waals surface area contributed by atoms with E-state index >= 15 is 0 Å². The number of carbonyl (C=O) groups is 1. The van der Waals surface area contributed by atoms with Crippen molar-refractivity contribution in [1.29, 1.82) is 0 Å². The molecular formula is C12H15N3OS. The van der Waals surface area contributed by atoms with Crippen LogP contribution in [0.3, 0.4) is 0 Å². The van der Waals surface area contributed by atoms with Gasteiger partial charge in [-0.2, -0.15) is 0 Å². The van der Waals surface area contributed by atoms with Crippen LogP contribution in [0.15, 0.2) is 24.3 Å². The summed E-state index contributed by atoms with van der Waals surface area (Å²) in [4.78, 5) is 10.5. The number of thiocarbonyl (C=S) groups is 1. The van der Waals surface area contributed by atoms with Crippen LogP contribution < -0.4 is 11.2 Å². The lowest BCUT2D eigenvalue weighted by Gasteiger charge is -2.34. The number of hydrogen-bond acceptors (Lipinski definition) is 2. The highest BCUT2D eigenvalue weighted by molar-refractivity contribution is 7.80. The molecule has 0 saturated carbocycles. The van der Waals surface area contributed by atoms with Gasteiger partial charge in [-0.05, 0) is 42.6 Å². The van der Waals surface area contributed by atoms with E-state index in [2.05, 4.69) is 17.6 Å². The average Bonchev–Trinajstić information content (AvgIpc) is 2.35. The zero-order valence-corrected chi connectivity index (χ0v) is 10.2. The Bertz CT molecular complexity index is 436. The van der Waals surface area contributed by atoms with Crippen LogP contribution >= 0.6 is 12.2 Å². The molecule has 1 aliphatic carbocycles. The molecule has 1 aromatic rings. The third-order valence-electron chi connectivity index (χ3n) is 3.12. The van der Waals surface area contributed by atoms with Crippen molar-refractivity contribution in [2.45, 2.75) is 25.3 Å². The summed E-state index contributed by atoms with van der Waals surface area (Å²) in [6.07, 6.45) is 3.39. The quantitative estimate of drug-likeness (QED) is 0.471. The number of nitrogens with one attached hydrogen (secondary N) is 1. The lowest BCUT2D eigenvalue weighted by atomic mass is 9.88. The van der Waals surface area contributed by atoms with E-state index in [1.165, 1.54) is 11.1 Å². The molecule has 17 heavy (non-hydrogen) atoms. The Morgan fingerprint density at radius 2 is 2.18 bits per heavy atom. The van der Waals surface area contributed by atoms with E-state index in [-0.39, 0.29) is 11.2 Å². The first-order valence-electron chi connectivity index (χ1n) is 5.57. The molecular weight excluding hydrogens is 234 g/mol. The van der Waals surface area contributed by atoms with Crippen LogP contribution in [-0.2, 0) is 17.6 Å². The molecule has 90 valence electrons. The first-order chi connectivity index (χ1) is 8.22. The van der Waals surface area contributed by atoms with Crippen LogP contribution in [0.25, 0.3) is 0 Å². The van der Waals surface area contributed by atoms with Crippen LogP contribution in [0.5, 0.6) is 0 Å². The summed E-state index contributed by atoms with van der Waals surface area (Å²) >= 11 is 4.94. The third kappa shape index (κ3) is 2.55. The van der Waals surface area contributed by atoms with Crippen molar-refractivity contribution in [2.24, 2.45) is 5.73 Å². The number of aryl methyl sites for hydroxylation is 1. The van der Waals surface area contributed by atoms with Gasteiger partial charge in [0.05, 0.1) is 6.04 Å². The van der Waals surface area contributed by atoms with E-state index < -0.39 is 0 Å². The molecule has 0 aromatic heterocycles. The lowest BCUT2D eigenvalue weighted by molar-refractivity contribution is -0.113. The highest BCUT2D eigenvalue weighted by Gasteiger charge is 2.24. The van der Waals surface area contributed by atoms with Gasteiger partial charge in [0.2, 0.25) is 6.41 Å². The predicted molar refractivity (Wildman–Crippen MR) is 70.1 cm³/mol. The number of hydrazine groups is 1. The van der Waals surface area contributed by atoms with Crippen molar-refractivity contribution in [3.63, 3.8) is 0 Å². The minimum Gasteiger partial charge on any atom is -0.375 e. The Labute approximate surface area is 106 Å². The molecule has 1 aliphatic rings. The van der Waals surface area contributed by atoms with Gasteiger partial charge in [0.15, 0.2) is 5.11 Å². The van der Waals surface area contributed by atoms with Crippen molar-refractivity contribution in [2.75, 3.05) is 0 Å². The monoisotopic (exact) mass is 249 g/mol. The van der Waals surface area contributed by atoms with E-state index in [4.69, 9.17) is 18.0 Å². The molecule has 0 fully saturated rings. The number of nitrogens with zero attached hydrogens (tertiary/aromatic N) is 1. The van der Waals surface area contributed by atoms with Crippen LogP contribution in [0.4, 0.5) is 0 Å².